The molecule has 0 spiro atoms. The van der Waals surface area contributed by atoms with Crippen LogP contribution >= 0.6 is 11.6 Å². The van der Waals surface area contributed by atoms with Crippen molar-refractivity contribution in [1.29, 1.82) is 0 Å². The third-order valence-corrected chi connectivity index (χ3v) is 3.72. The molecule has 0 saturated carbocycles. The van der Waals surface area contributed by atoms with E-state index in [1.165, 1.54) is 0 Å². The lowest BCUT2D eigenvalue weighted by Crippen LogP contribution is -2.16. The molecule has 2 aromatic carbocycles. The molecule has 0 saturated heterocycles. The van der Waals surface area contributed by atoms with Crippen LogP contribution in [0.2, 0.25) is 5.02 Å². The molecule has 22 heavy (non-hydrogen) atoms. The lowest BCUT2D eigenvalue weighted by molar-refractivity contribution is -0.117. The van der Waals surface area contributed by atoms with Gasteiger partial charge < -0.3 is 10.7 Å². The molecule has 0 aliphatic heterocycles. The minimum atomic E-state index is -0.488. The van der Waals surface area contributed by atoms with Gasteiger partial charge in [0, 0.05) is 21.5 Å². The van der Waals surface area contributed by atoms with E-state index in [4.69, 9.17) is 17.3 Å². The van der Waals surface area contributed by atoms with Crippen molar-refractivity contribution in [3.05, 3.63) is 70.4 Å². The number of aromatic amines is 1. The van der Waals surface area contributed by atoms with Gasteiger partial charge >= 0.3 is 0 Å². The zero-order valence-electron chi connectivity index (χ0n) is 11.6. The number of H-pyrrole nitrogens is 1. The van der Waals surface area contributed by atoms with Gasteiger partial charge in [-0.15, -0.1) is 0 Å². The maximum Gasteiger partial charge on any atom is 0.221 e. The number of hydrogen-bond acceptors (Lipinski definition) is 2. The third-order valence-electron chi connectivity index (χ3n) is 3.48. The van der Waals surface area contributed by atoms with Crippen molar-refractivity contribution in [2.45, 2.75) is 6.42 Å². The van der Waals surface area contributed by atoms with E-state index in [1.54, 1.807) is 42.5 Å². The van der Waals surface area contributed by atoms with Gasteiger partial charge in [0.05, 0.1) is 12.1 Å². The molecule has 3 rings (SSSR count). The Hall–Kier alpha value is -2.59. The Morgan fingerprint density at radius 3 is 2.50 bits per heavy atom. The molecule has 5 heteroatoms. The summed E-state index contributed by atoms with van der Waals surface area (Å²) in [4.78, 5) is 27.1. The van der Waals surface area contributed by atoms with Gasteiger partial charge in [-0.1, -0.05) is 48.0 Å². The van der Waals surface area contributed by atoms with E-state index in [-0.39, 0.29) is 12.2 Å². The first-order valence-electron chi connectivity index (χ1n) is 6.74. The topological polar surface area (TPSA) is 76.0 Å². The van der Waals surface area contributed by atoms with Crippen LogP contribution in [0.5, 0.6) is 0 Å². The van der Waals surface area contributed by atoms with Crippen molar-refractivity contribution in [3.8, 4) is 0 Å². The Morgan fingerprint density at radius 1 is 1.09 bits per heavy atom. The van der Waals surface area contributed by atoms with Crippen molar-refractivity contribution < 1.29 is 9.59 Å². The fraction of sp³-hybridized carbons (Fsp3) is 0.0588. The standard InChI is InChI=1S/C17H13ClN2O2/c18-11-6-7-12-13(9-15(19)21)16(20-14(12)8-11)17(22)10-4-2-1-3-5-10/h1-8,20H,9H2,(H2,19,21). The first-order chi connectivity index (χ1) is 10.6. The Bertz CT molecular complexity index is 869. The van der Waals surface area contributed by atoms with Gasteiger partial charge in [-0.25, -0.2) is 0 Å². The zero-order valence-corrected chi connectivity index (χ0v) is 12.4. The van der Waals surface area contributed by atoms with Crippen LogP contribution in [0.25, 0.3) is 10.9 Å². The maximum absolute atomic E-state index is 12.7. The maximum atomic E-state index is 12.7. The van der Waals surface area contributed by atoms with Crippen molar-refractivity contribution in [2.24, 2.45) is 5.73 Å². The van der Waals surface area contributed by atoms with Crippen LogP contribution < -0.4 is 5.73 Å². The molecule has 0 radical (unpaired) electrons. The number of nitrogens with two attached hydrogens (primary N) is 1. The second kappa shape index (κ2) is 5.66. The normalized spacial score (nSPS) is 10.8. The van der Waals surface area contributed by atoms with Crippen molar-refractivity contribution in [1.82, 2.24) is 4.98 Å². The molecule has 0 atom stereocenters. The molecule has 0 fully saturated rings. The number of halogens is 1. The Balaban J connectivity index is 2.19. The van der Waals surface area contributed by atoms with Crippen LogP contribution in [-0.4, -0.2) is 16.7 Å². The third kappa shape index (κ3) is 2.61. The van der Waals surface area contributed by atoms with Crippen molar-refractivity contribution in [2.75, 3.05) is 0 Å². The molecule has 1 heterocycles. The summed E-state index contributed by atoms with van der Waals surface area (Å²) in [6.45, 7) is 0. The Kier molecular flexibility index (Phi) is 3.69. The summed E-state index contributed by atoms with van der Waals surface area (Å²) in [5.74, 6) is -0.665. The number of rotatable bonds is 4. The fourth-order valence-corrected chi connectivity index (χ4v) is 2.69. The number of fused-ring (bicyclic) bond motifs is 1. The summed E-state index contributed by atoms with van der Waals surface area (Å²) in [7, 11) is 0. The van der Waals surface area contributed by atoms with Crippen LogP contribution in [0.4, 0.5) is 0 Å². The van der Waals surface area contributed by atoms with E-state index >= 15 is 0 Å². The van der Waals surface area contributed by atoms with E-state index in [0.717, 1.165) is 5.39 Å². The van der Waals surface area contributed by atoms with Gasteiger partial charge in [0.15, 0.2) is 0 Å². The monoisotopic (exact) mass is 312 g/mol. The summed E-state index contributed by atoms with van der Waals surface area (Å²) in [6.07, 6.45) is -0.00443. The highest BCUT2D eigenvalue weighted by atomic mass is 35.5. The molecule has 0 bridgehead atoms. The van der Waals surface area contributed by atoms with Gasteiger partial charge in [0.1, 0.15) is 0 Å². The summed E-state index contributed by atoms with van der Waals surface area (Å²) in [5.41, 5.74) is 7.56. The molecule has 1 amide bonds. The predicted molar refractivity (Wildman–Crippen MR) is 86.1 cm³/mol. The largest absolute Gasteiger partial charge is 0.369 e. The number of carbonyl (C=O) groups excluding carboxylic acids is 2. The minimum Gasteiger partial charge on any atom is -0.369 e. The van der Waals surface area contributed by atoms with Crippen LogP contribution in [0.1, 0.15) is 21.6 Å². The zero-order chi connectivity index (χ0) is 15.7. The van der Waals surface area contributed by atoms with Crippen LogP contribution in [-0.2, 0) is 11.2 Å². The SMILES string of the molecule is NC(=O)Cc1c(C(=O)c2ccccc2)[nH]c2cc(Cl)ccc12. The quantitative estimate of drug-likeness (QED) is 0.726. The summed E-state index contributed by atoms with van der Waals surface area (Å²) >= 11 is 5.99. The van der Waals surface area contributed by atoms with E-state index in [0.29, 0.717) is 27.4 Å². The number of benzene rings is 2. The van der Waals surface area contributed by atoms with E-state index in [9.17, 15) is 9.59 Å². The predicted octanol–water partition coefficient (Wildman–Crippen LogP) is 3.08. The average Bonchev–Trinajstić information content (AvgIpc) is 2.84. The molecular formula is C17H13ClN2O2. The highest BCUT2D eigenvalue weighted by molar-refractivity contribution is 6.31. The van der Waals surface area contributed by atoms with Gasteiger partial charge in [0.2, 0.25) is 11.7 Å². The molecule has 0 aliphatic carbocycles. The van der Waals surface area contributed by atoms with Crippen molar-refractivity contribution >= 4 is 34.2 Å². The van der Waals surface area contributed by atoms with Crippen LogP contribution in [0.3, 0.4) is 0 Å². The number of ketones is 1. The second-order valence-corrected chi connectivity index (χ2v) is 5.44. The molecule has 1 aromatic heterocycles. The Labute approximate surface area is 131 Å². The molecule has 3 N–H and O–H groups in total. The van der Waals surface area contributed by atoms with Crippen LogP contribution in [0, 0.1) is 0 Å². The lowest BCUT2D eigenvalue weighted by Gasteiger charge is -2.02. The molecule has 3 aromatic rings. The number of carbonyl (C=O) groups is 2. The number of nitrogens with one attached hydrogen (secondary N) is 1. The van der Waals surface area contributed by atoms with Gasteiger partial charge in [0.25, 0.3) is 0 Å². The average molecular weight is 313 g/mol. The molecule has 110 valence electrons. The fourth-order valence-electron chi connectivity index (χ4n) is 2.51. The lowest BCUT2D eigenvalue weighted by atomic mass is 10.0. The minimum absolute atomic E-state index is 0.00443. The van der Waals surface area contributed by atoms with Gasteiger partial charge in [-0.05, 0) is 17.7 Å². The highest BCUT2D eigenvalue weighted by Crippen LogP contribution is 2.27. The van der Waals surface area contributed by atoms with Crippen molar-refractivity contribution in [3.63, 3.8) is 0 Å². The Morgan fingerprint density at radius 2 is 1.82 bits per heavy atom. The molecular weight excluding hydrogens is 300 g/mol. The first-order valence-corrected chi connectivity index (χ1v) is 7.12. The summed E-state index contributed by atoms with van der Waals surface area (Å²) < 4.78 is 0. The molecule has 0 unspecified atom stereocenters. The smallest absolute Gasteiger partial charge is 0.221 e. The molecule has 0 aliphatic rings. The van der Waals surface area contributed by atoms with E-state index in [1.807, 2.05) is 6.07 Å². The summed E-state index contributed by atoms with van der Waals surface area (Å²) in [6, 6.07) is 14.1. The van der Waals surface area contributed by atoms with Gasteiger partial charge in [-0.3, -0.25) is 9.59 Å². The number of aromatic nitrogens is 1. The number of primary amides is 1. The number of amides is 1. The summed E-state index contributed by atoms with van der Waals surface area (Å²) in [5, 5.41) is 1.33. The van der Waals surface area contributed by atoms with E-state index in [2.05, 4.69) is 4.98 Å². The second-order valence-electron chi connectivity index (χ2n) is 5.01. The van der Waals surface area contributed by atoms with E-state index < -0.39 is 5.91 Å². The number of hydrogen-bond donors (Lipinski definition) is 2. The first kappa shape index (κ1) is 14.4. The molecule has 4 nitrogen and oxygen atoms in total. The highest BCUT2D eigenvalue weighted by Gasteiger charge is 2.20. The van der Waals surface area contributed by atoms with Crippen LogP contribution in [0.15, 0.2) is 48.5 Å². The van der Waals surface area contributed by atoms with Gasteiger partial charge in [-0.2, -0.15) is 0 Å².